The molecular formula is C15H20N8. The van der Waals surface area contributed by atoms with Crippen LogP contribution < -0.4 is 4.90 Å². The van der Waals surface area contributed by atoms with Crippen molar-refractivity contribution in [2.24, 2.45) is 7.05 Å². The van der Waals surface area contributed by atoms with Gasteiger partial charge in [0.25, 0.3) is 0 Å². The molecule has 0 aliphatic rings. The Kier molecular flexibility index (Phi) is 3.81. The number of hydrogen-bond donors (Lipinski definition) is 0. The summed E-state index contributed by atoms with van der Waals surface area (Å²) in [6, 6.07) is 0. The summed E-state index contributed by atoms with van der Waals surface area (Å²) in [5.41, 5.74) is 2.57. The molecule has 120 valence electrons. The van der Waals surface area contributed by atoms with Crippen LogP contribution in [0.25, 0.3) is 17.8 Å². The first-order valence-electron chi connectivity index (χ1n) is 7.48. The lowest BCUT2D eigenvalue weighted by Crippen LogP contribution is -2.17. The standard InChI is InChI=1S/C15H20N8/c1-6-21(4)15-18-13(22(5)20-15)8-7-12-17-14-11(3)16-9-10(2)23(14)19-12/h7-9H,6H2,1-5H3/b8-7+. The van der Waals surface area contributed by atoms with Crippen LogP contribution in [0.5, 0.6) is 0 Å². The van der Waals surface area contributed by atoms with Gasteiger partial charge in [-0.2, -0.15) is 4.98 Å². The Morgan fingerprint density at radius 3 is 2.65 bits per heavy atom. The Balaban J connectivity index is 1.93. The van der Waals surface area contributed by atoms with Crippen LogP contribution in [0.2, 0.25) is 0 Å². The molecule has 0 spiro atoms. The van der Waals surface area contributed by atoms with Crippen molar-refractivity contribution in [2.45, 2.75) is 20.8 Å². The van der Waals surface area contributed by atoms with E-state index in [1.165, 1.54) is 0 Å². The molecule has 0 aliphatic heterocycles. The maximum Gasteiger partial charge on any atom is 0.244 e. The second kappa shape index (κ2) is 5.79. The van der Waals surface area contributed by atoms with Gasteiger partial charge in [-0.25, -0.2) is 14.2 Å². The summed E-state index contributed by atoms with van der Waals surface area (Å²) in [5.74, 6) is 2.08. The molecule has 0 amide bonds. The number of hydrogen-bond acceptors (Lipinski definition) is 6. The summed E-state index contributed by atoms with van der Waals surface area (Å²) in [5, 5.41) is 8.88. The maximum atomic E-state index is 4.51. The molecule has 0 aliphatic carbocycles. The minimum Gasteiger partial charge on any atom is -0.343 e. The molecule has 0 saturated heterocycles. The maximum absolute atomic E-state index is 4.51. The predicted molar refractivity (Wildman–Crippen MR) is 89.1 cm³/mol. The summed E-state index contributed by atoms with van der Waals surface area (Å²) in [6.07, 6.45) is 5.50. The fourth-order valence-electron chi connectivity index (χ4n) is 2.16. The average Bonchev–Trinajstić information content (AvgIpc) is 3.13. The largest absolute Gasteiger partial charge is 0.343 e. The van der Waals surface area contributed by atoms with Crippen molar-refractivity contribution in [3.8, 4) is 0 Å². The van der Waals surface area contributed by atoms with Gasteiger partial charge >= 0.3 is 0 Å². The van der Waals surface area contributed by atoms with Gasteiger partial charge in [-0.1, -0.05) is 0 Å². The van der Waals surface area contributed by atoms with Crippen LogP contribution in [0, 0.1) is 13.8 Å². The highest BCUT2D eigenvalue weighted by Crippen LogP contribution is 2.12. The quantitative estimate of drug-likeness (QED) is 0.726. The number of anilines is 1. The van der Waals surface area contributed by atoms with Crippen molar-refractivity contribution in [3.63, 3.8) is 0 Å². The highest BCUT2D eigenvalue weighted by atomic mass is 15.4. The number of nitrogens with zero attached hydrogens (tertiary/aromatic N) is 8. The molecule has 3 aromatic rings. The van der Waals surface area contributed by atoms with Crippen LogP contribution in [0.15, 0.2) is 6.20 Å². The van der Waals surface area contributed by atoms with Gasteiger partial charge in [0.1, 0.15) is 0 Å². The molecular weight excluding hydrogens is 292 g/mol. The van der Waals surface area contributed by atoms with E-state index >= 15 is 0 Å². The SMILES string of the molecule is CCN(C)c1nc(/C=C/c2nc3c(C)ncc(C)n3n2)n(C)n1. The highest BCUT2D eigenvalue weighted by molar-refractivity contribution is 5.64. The predicted octanol–water partition coefficient (Wildman–Crippen LogP) is 1.50. The van der Waals surface area contributed by atoms with Crippen molar-refractivity contribution >= 4 is 23.7 Å². The second-order valence-corrected chi connectivity index (χ2v) is 5.43. The lowest BCUT2D eigenvalue weighted by Gasteiger charge is -2.09. The molecule has 23 heavy (non-hydrogen) atoms. The summed E-state index contributed by atoms with van der Waals surface area (Å²) in [6.45, 7) is 6.79. The van der Waals surface area contributed by atoms with Gasteiger partial charge in [0.2, 0.25) is 5.95 Å². The first-order chi connectivity index (χ1) is 11.0. The first-order valence-corrected chi connectivity index (χ1v) is 7.48. The molecule has 8 nitrogen and oxygen atoms in total. The van der Waals surface area contributed by atoms with E-state index in [2.05, 4.69) is 32.1 Å². The molecule has 8 heteroatoms. The fourth-order valence-corrected chi connectivity index (χ4v) is 2.16. The Labute approximate surface area is 134 Å². The van der Waals surface area contributed by atoms with Crippen LogP contribution >= 0.6 is 0 Å². The molecule has 0 unspecified atom stereocenters. The summed E-state index contributed by atoms with van der Waals surface area (Å²) in [7, 11) is 3.83. The minimum atomic E-state index is 0.623. The lowest BCUT2D eigenvalue weighted by molar-refractivity contribution is 0.748. The monoisotopic (exact) mass is 312 g/mol. The number of rotatable bonds is 4. The van der Waals surface area contributed by atoms with E-state index in [0.717, 1.165) is 29.4 Å². The van der Waals surface area contributed by atoms with Gasteiger partial charge in [-0.05, 0) is 32.9 Å². The van der Waals surface area contributed by atoms with E-state index < -0.39 is 0 Å². The van der Waals surface area contributed by atoms with Crippen LogP contribution in [0.4, 0.5) is 5.95 Å². The van der Waals surface area contributed by atoms with Gasteiger partial charge in [0.15, 0.2) is 17.3 Å². The molecule has 3 aromatic heterocycles. The Bertz CT molecular complexity index is 834. The summed E-state index contributed by atoms with van der Waals surface area (Å²) in [4.78, 5) is 15.3. The van der Waals surface area contributed by atoms with Gasteiger partial charge < -0.3 is 4.90 Å². The topological polar surface area (TPSA) is 77.0 Å². The minimum absolute atomic E-state index is 0.623. The van der Waals surface area contributed by atoms with Crippen LogP contribution in [0.1, 0.15) is 30.0 Å². The van der Waals surface area contributed by atoms with E-state index in [9.17, 15) is 0 Å². The average molecular weight is 312 g/mol. The van der Waals surface area contributed by atoms with Gasteiger partial charge in [0.05, 0.1) is 11.4 Å². The molecule has 0 radical (unpaired) electrons. The van der Waals surface area contributed by atoms with Crippen LogP contribution in [-0.4, -0.2) is 47.9 Å². The molecule has 0 fully saturated rings. The normalized spacial score (nSPS) is 11.7. The molecule has 0 aromatic carbocycles. The third kappa shape index (κ3) is 2.79. The number of aromatic nitrogens is 7. The fraction of sp³-hybridized carbons (Fsp3) is 0.400. The number of fused-ring (bicyclic) bond motifs is 1. The van der Waals surface area contributed by atoms with Crippen molar-refractivity contribution in [3.05, 3.63) is 29.2 Å². The third-order valence-electron chi connectivity index (χ3n) is 3.71. The molecule has 0 saturated carbocycles. The van der Waals surface area contributed by atoms with Gasteiger partial charge in [0, 0.05) is 26.8 Å². The smallest absolute Gasteiger partial charge is 0.244 e. The Morgan fingerprint density at radius 1 is 1.17 bits per heavy atom. The zero-order valence-electron chi connectivity index (χ0n) is 14.0. The zero-order chi connectivity index (χ0) is 16.6. The molecule has 0 bridgehead atoms. The van der Waals surface area contributed by atoms with E-state index in [4.69, 9.17) is 0 Å². The molecule has 3 rings (SSSR count). The van der Waals surface area contributed by atoms with E-state index in [-0.39, 0.29) is 0 Å². The highest BCUT2D eigenvalue weighted by Gasteiger charge is 2.09. The van der Waals surface area contributed by atoms with Crippen molar-refractivity contribution in [2.75, 3.05) is 18.5 Å². The number of aryl methyl sites for hydroxylation is 3. The second-order valence-electron chi connectivity index (χ2n) is 5.43. The molecule has 0 N–H and O–H groups in total. The van der Waals surface area contributed by atoms with Crippen molar-refractivity contribution in [1.82, 2.24) is 34.3 Å². The Hall–Kier alpha value is -2.77. The summed E-state index contributed by atoms with van der Waals surface area (Å²) >= 11 is 0. The zero-order valence-corrected chi connectivity index (χ0v) is 14.0. The van der Waals surface area contributed by atoms with Gasteiger partial charge in [-0.3, -0.25) is 4.98 Å². The van der Waals surface area contributed by atoms with Gasteiger partial charge in [-0.15, -0.1) is 10.2 Å². The molecule has 3 heterocycles. The van der Waals surface area contributed by atoms with E-state index in [1.807, 2.05) is 45.0 Å². The third-order valence-corrected chi connectivity index (χ3v) is 3.71. The van der Waals surface area contributed by atoms with E-state index in [0.29, 0.717) is 11.8 Å². The van der Waals surface area contributed by atoms with Crippen molar-refractivity contribution in [1.29, 1.82) is 0 Å². The first kappa shape index (κ1) is 15.1. The van der Waals surface area contributed by atoms with Crippen LogP contribution in [-0.2, 0) is 7.05 Å². The van der Waals surface area contributed by atoms with E-state index in [1.54, 1.807) is 15.4 Å². The van der Waals surface area contributed by atoms with Crippen LogP contribution in [0.3, 0.4) is 0 Å². The van der Waals surface area contributed by atoms with Crippen molar-refractivity contribution < 1.29 is 0 Å². The Morgan fingerprint density at radius 2 is 1.96 bits per heavy atom. The summed E-state index contributed by atoms with van der Waals surface area (Å²) < 4.78 is 3.54. The lowest BCUT2D eigenvalue weighted by atomic mass is 10.4. The molecule has 0 atom stereocenters.